The first kappa shape index (κ1) is 24.4. The van der Waals surface area contributed by atoms with Gasteiger partial charge in [-0.3, -0.25) is 10.1 Å². The number of rotatable bonds is 7. The van der Waals surface area contributed by atoms with E-state index in [1.807, 2.05) is 0 Å². The van der Waals surface area contributed by atoms with Gasteiger partial charge in [-0.15, -0.1) is 11.8 Å². The summed E-state index contributed by atoms with van der Waals surface area (Å²) in [7, 11) is 0. The fourth-order valence-corrected chi connectivity index (χ4v) is 6.86. The van der Waals surface area contributed by atoms with Crippen LogP contribution in [0.25, 0.3) is 0 Å². The van der Waals surface area contributed by atoms with Crippen molar-refractivity contribution in [1.82, 2.24) is 9.88 Å². The van der Waals surface area contributed by atoms with Gasteiger partial charge in [0.15, 0.2) is 5.13 Å². The van der Waals surface area contributed by atoms with Crippen molar-refractivity contribution in [2.75, 3.05) is 11.1 Å². The lowest BCUT2D eigenvalue weighted by Gasteiger charge is -2.44. The highest BCUT2D eigenvalue weighted by atomic mass is 32.2. The van der Waals surface area contributed by atoms with Crippen molar-refractivity contribution >= 4 is 40.2 Å². The van der Waals surface area contributed by atoms with Crippen molar-refractivity contribution in [1.29, 1.82) is 0 Å². The highest BCUT2D eigenvalue weighted by molar-refractivity contribution is 8.01. The van der Waals surface area contributed by atoms with E-state index >= 15 is 0 Å². The number of nitrogens with one attached hydrogen (secondary N) is 1. The largest absolute Gasteiger partial charge is 0.481 e. The maximum absolute atomic E-state index is 13.4. The topological polar surface area (TPSA) is 82.5 Å². The van der Waals surface area contributed by atoms with Crippen LogP contribution < -0.4 is 5.32 Å². The van der Waals surface area contributed by atoms with Crippen LogP contribution in [0, 0.1) is 11.3 Å². The van der Waals surface area contributed by atoms with E-state index < -0.39 is 5.97 Å². The zero-order valence-corrected chi connectivity index (χ0v) is 20.7. The third-order valence-corrected chi connectivity index (χ3v) is 8.89. The van der Waals surface area contributed by atoms with Crippen molar-refractivity contribution in [3.63, 3.8) is 0 Å². The lowest BCUT2D eigenvalue weighted by atomic mass is 9.71. The number of thiazole rings is 1. The van der Waals surface area contributed by atoms with Gasteiger partial charge in [-0.1, -0.05) is 51.4 Å². The SMILES string of the molecule is CC(C)(C)C1CCC(N(C(=O)Nc2ncc(SCCC(=O)O)s2)C2CCCCC2)CC1. The second-order valence-electron chi connectivity index (χ2n) is 9.98. The fourth-order valence-electron chi connectivity index (χ4n) is 4.99. The van der Waals surface area contributed by atoms with Crippen molar-refractivity contribution in [2.24, 2.45) is 11.3 Å². The number of anilines is 1. The van der Waals surface area contributed by atoms with Gasteiger partial charge in [0.2, 0.25) is 0 Å². The highest BCUT2D eigenvalue weighted by Gasteiger charge is 2.37. The second-order valence-corrected chi connectivity index (χ2v) is 12.4. The molecule has 6 nitrogen and oxygen atoms in total. The smallest absolute Gasteiger partial charge is 0.324 e. The average molecular weight is 468 g/mol. The molecule has 0 unspecified atom stereocenters. The number of carboxylic acid groups (broad SMARTS) is 1. The van der Waals surface area contributed by atoms with Gasteiger partial charge >= 0.3 is 12.0 Å². The summed E-state index contributed by atoms with van der Waals surface area (Å²) in [6, 6.07) is 0.628. The monoisotopic (exact) mass is 467 g/mol. The normalized spacial score (nSPS) is 22.8. The molecule has 2 saturated carbocycles. The van der Waals surface area contributed by atoms with Crippen LogP contribution in [0.1, 0.15) is 85.0 Å². The summed E-state index contributed by atoms with van der Waals surface area (Å²) in [5, 5.41) is 12.5. The van der Waals surface area contributed by atoms with Crippen LogP contribution in [-0.2, 0) is 4.79 Å². The minimum atomic E-state index is -0.796. The Kier molecular flexibility index (Phi) is 8.67. The van der Waals surface area contributed by atoms with Gasteiger partial charge in [0.05, 0.1) is 16.8 Å². The Morgan fingerprint density at radius 2 is 1.77 bits per heavy atom. The zero-order valence-electron chi connectivity index (χ0n) is 19.1. The van der Waals surface area contributed by atoms with Gasteiger partial charge in [0.1, 0.15) is 0 Å². The molecule has 1 aromatic rings. The summed E-state index contributed by atoms with van der Waals surface area (Å²) < 4.78 is 0.937. The number of hydrogen-bond donors (Lipinski definition) is 2. The molecule has 2 fully saturated rings. The highest BCUT2D eigenvalue weighted by Crippen LogP contribution is 2.40. The Balaban J connectivity index is 1.63. The molecule has 0 aliphatic heterocycles. The first-order valence-electron chi connectivity index (χ1n) is 11.6. The number of urea groups is 1. The Morgan fingerprint density at radius 1 is 1.13 bits per heavy atom. The molecule has 2 amide bonds. The van der Waals surface area contributed by atoms with E-state index in [2.05, 4.69) is 36.0 Å². The van der Waals surface area contributed by atoms with Crippen molar-refractivity contribution in [2.45, 2.75) is 101 Å². The molecule has 3 rings (SSSR count). The second kappa shape index (κ2) is 11.0. The van der Waals surface area contributed by atoms with Gasteiger partial charge in [0, 0.05) is 17.8 Å². The molecule has 0 spiro atoms. The molecule has 2 aliphatic carbocycles. The molecule has 1 aromatic heterocycles. The average Bonchev–Trinajstić information content (AvgIpc) is 3.15. The van der Waals surface area contributed by atoms with E-state index in [-0.39, 0.29) is 12.5 Å². The summed E-state index contributed by atoms with van der Waals surface area (Å²) >= 11 is 2.90. The Morgan fingerprint density at radius 3 is 2.39 bits per heavy atom. The molecule has 2 aliphatic rings. The molecule has 0 radical (unpaired) electrons. The van der Waals surface area contributed by atoms with E-state index in [9.17, 15) is 9.59 Å². The molecule has 174 valence electrons. The minimum Gasteiger partial charge on any atom is -0.481 e. The number of nitrogens with zero attached hydrogens (tertiary/aromatic N) is 2. The van der Waals surface area contributed by atoms with Gasteiger partial charge in [0.25, 0.3) is 0 Å². The molecule has 31 heavy (non-hydrogen) atoms. The van der Waals surface area contributed by atoms with Crippen LogP contribution in [0.15, 0.2) is 10.4 Å². The van der Waals surface area contributed by atoms with E-state index in [1.165, 1.54) is 55.2 Å². The van der Waals surface area contributed by atoms with Crippen LogP contribution in [0.4, 0.5) is 9.93 Å². The number of thioether (sulfide) groups is 1. The summed E-state index contributed by atoms with van der Waals surface area (Å²) in [5.41, 5.74) is 0.332. The molecule has 1 heterocycles. The summed E-state index contributed by atoms with van der Waals surface area (Å²) in [6.45, 7) is 6.99. The molecule has 0 atom stereocenters. The number of hydrogen-bond acceptors (Lipinski definition) is 5. The quantitative estimate of drug-likeness (QED) is 0.448. The van der Waals surface area contributed by atoms with Gasteiger partial charge in [-0.25, -0.2) is 9.78 Å². The Hall–Kier alpha value is -1.28. The van der Waals surface area contributed by atoms with Crippen LogP contribution in [0.2, 0.25) is 0 Å². The predicted octanol–water partition coefficient (Wildman–Crippen LogP) is 6.48. The Labute approximate surface area is 194 Å². The molecule has 0 aromatic carbocycles. The number of carbonyl (C=O) groups excluding carboxylic acids is 1. The third-order valence-electron chi connectivity index (χ3n) is 6.78. The summed E-state index contributed by atoms with van der Waals surface area (Å²) in [5.74, 6) is 0.440. The number of carbonyl (C=O) groups is 2. The number of carboxylic acids is 1. The van der Waals surface area contributed by atoms with Gasteiger partial charge in [-0.2, -0.15) is 0 Å². The van der Waals surface area contributed by atoms with Crippen LogP contribution >= 0.6 is 23.1 Å². The van der Waals surface area contributed by atoms with Crippen LogP contribution in [-0.4, -0.2) is 44.8 Å². The molecule has 2 N–H and O–H groups in total. The first-order chi connectivity index (χ1) is 14.7. The van der Waals surface area contributed by atoms with Gasteiger partial charge in [-0.05, 0) is 49.9 Å². The third kappa shape index (κ3) is 7.11. The van der Waals surface area contributed by atoms with Crippen molar-refractivity contribution < 1.29 is 14.7 Å². The summed E-state index contributed by atoms with van der Waals surface area (Å²) in [6.07, 6.45) is 12.3. The zero-order chi connectivity index (χ0) is 22.4. The lowest BCUT2D eigenvalue weighted by Crippen LogP contribution is -2.51. The number of amides is 2. The van der Waals surface area contributed by atoms with E-state index in [1.54, 1.807) is 6.20 Å². The molecule has 0 bridgehead atoms. The maximum Gasteiger partial charge on any atom is 0.324 e. The van der Waals surface area contributed by atoms with Crippen molar-refractivity contribution in [3.05, 3.63) is 6.20 Å². The standard InChI is InChI=1S/C23H37N3O3S2/c1-23(2,3)16-9-11-18(12-10-16)26(17-7-5-4-6-8-17)22(29)25-21-24-15-20(31-21)30-14-13-19(27)28/h15-18H,4-14H2,1-3H3,(H,27,28)(H,24,25,29). The Bertz CT molecular complexity index is 733. The number of aromatic nitrogens is 1. The first-order valence-corrected chi connectivity index (χ1v) is 13.4. The maximum atomic E-state index is 13.4. The van der Waals surface area contributed by atoms with E-state index in [4.69, 9.17) is 5.11 Å². The molecule has 0 saturated heterocycles. The predicted molar refractivity (Wildman–Crippen MR) is 128 cm³/mol. The van der Waals surface area contributed by atoms with E-state index in [0.717, 1.165) is 35.8 Å². The molecular weight excluding hydrogens is 430 g/mol. The molecular formula is C23H37N3O3S2. The number of aliphatic carboxylic acids is 1. The van der Waals surface area contributed by atoms with E-state index in [0.29, 0.717) is 28.4 Å². The van der Waals surface area contributed by atoms with Crippen LogP contribution in [0.5, 0.6) is 0 Å². The van der Waals surface area contributed by atoms with Crippen LogP contribution in [0.3, 0.4) is 0 Å². The lowest BCUT2D eigenvalue weighted by molar-refractivity contribution is -0.136. The fraction of sp³-hybridized carbons (Fsp3) is 0.783. The van der Waals surface area contributed by atoms with Gasteiger partial charge < -0.3 is 10.0 Å². The molecule has 8 heteroatoms. The minimum absolute atomic E-state index is 0.0115. The van der Waals surface area contributed by atoms with Crippen molar-refractivity contribution in [3.8, 4) is 0 Å². The summed E-state index contributed by atoms with van der Waals surface area (Å²) in [4.78, 5) is 30.6.